The van der Waals surface area contributed by atoms with Gasteiger partial charge in [0.15, 0.2) is 0 Å². The van der Waals surface area contributed by atoms with E-state index >= 15 is 0 Å². The van der Waals surface area contributed by atoms with Crippen LogP contribution in [0.5, 0.6) is 0 Å². The van der Waals surface area contributed by atoms with Gasteiger partial charge in [-0.3, -0.25) is 28.8 Å². The van der Waals surface area contributed by atoms with Gasteiger partial charge in [-0.2, -0.15) is 0 Å². The lowest BCUT2D eigenvalue weighted by atomic mass is 9.86. The number of rotatable bonds is 5. The first-order chi connectivity index (χ1) is 16.3. The number of benzene rings is 2. The molecule has 2 atom stereocenters. The first-order valence-electron chi connectivity index (χ1n) is 11.4. The van der Waals surface area contributed by atoms with Gasteiger partial charge in [0.05, 0.1) is 17.6 Å². The molecule has 3 amide bonds. The maximum Gasteiger partial charge on any atom is 0.321 e. The molecule has 8 nitrogen and oxygen atoms in total. The Morgan fingerprint density at radius 3 is 2.41 bits per heavy atom. The summed E-state index contributed by atoms with van der Waals surface area (Å²) in [5, 5.41) is 5.49. The topological polar surface area (TPSA) is 102 Å². The molecule has 2 N–H and O–H groups in total. The molecule has 1 heterocycles. The van der Waals surface area contributed by atoms with Crippen LogP contribution in [0.1, 0.15) is 38.2 Å². The summed E-state index contributed by atoms with van der Waals surface area (Å²) in [5.74, 6) is -0.356. The second-order valence-corrected chi connectivity index (χ2v) is 9.23. The van der Waals surface area contributed by atoms with Gasteiger partial charge >= 0.3 is 17.1 Å². The molecule has 0 unspecified atom stereocenters. The van der Waals surface area contributed by atoms with Gasteiger partial charge in [-0.25, -0.2) is 4.79 Å². The minimum Gasteiger partial charge on any atom is -0.335 e. The van der Waals surface area contributed by atoms with Gasteiger partial charge in [0.2, 0.25) is 5.91 Å². The van der Waals surface area contributed by atoms with E-state index in [0.717, 1.165) is 35.8 Å². The van der Waals surface area contributed by atoms with E-state index < -0.39 is 29.6 Å². The number of urea groups is 1. The van der Waals surface area contributed by atoms with Gasteiger partial charge in [0.1, 0.15) is 6.54 Å². The molecule has 1 aliphatic carbocycles. The van der Waals surface area contributed by atoms with Crippen LogP contribution in [0, 0.1) is 5.92 Å². The molecule has 0 saturated heterocycles. The van der Waals surface area contributed by atoms with E-state index in [1.807, 2.05) is 30.3 Å². The zero-order chi connectivity index (χ0) is 24.2. The fourth-order valence-corrected chi connectivity index (χ4v) is 4.68. The van der Waals surface area contributed by atoms with Crippen molar-refractivity contribution in [3.63, 3.8) is 0 Å². The lowest BCUT2D eigenvalue weighted by molar-refractivity contribution is -0.120. The van der Waals surface area contributed by atoms with Crippen molar-refractivity contribution in [2.75, 3.05) is 0 Å². The molecule has 9 heteroatoms. The lowest BCUT2D eigenvalue weighted by Crippen LogP contribution is -2.49. The fraction of sp³-hybridized carbons (Fsp3) is 0.360. The molecule has 1 aromatic heterocycles. The highest BCUT2D eigenvalue weighted by molar-refractivity contribution is 6.31. The number of aromatic nitrogens is 2. The maximum absolute atomic E-state index is 13.0. The SMILES string of the molecule is C[C@@H]1CCCC[C@@H]1NC(=O)NC(=O)Cn1c(=O)c(=O)n(Cc2ccccc2)c2ccc(Cl)cc21. The van der Waals surface area contributed by atoms with Gasteiger partial charge in [-0.1, -0.05) is 61.7 Å². The van der Waals surface area contributed by atoms with Crippen LogP contribution in [-0.2, 0) is 17.9 Å². The van der Waals surface area contributed by atoms with Gasteiger partial charge in [0, 0.05) is 11.1 Å². The van der Waals surface area contributed by atoms with Crippen molar-refractivity contribution >= 4 is 34.6 Å². The normalized spacial score (nSPS) is 17.9. The van der Waals surface area contributed by atoms with Gasteiger partial charge in [-0.05, 0) is 42.5 Å². The molecule has 178 valence electrons. The summed E-state index contributed by atoms with van der Waals surface area (Å²) in [4.78, 5) is 51.0. The van der Waals surface area contributed by atoms with E-state index in [2.05, 4.69) is 17.6 Å². The Bertz CT molecular complexity index is 1330. The average molecular weight is 483 g/mol. The van der Waals surface area contributed by atoms with Gasteiger partial charge in [-0.15, -0.1) is 0 Å². The van der Waals surface area contributed by atoms with Crippen molar-refractivity contribution in [1.82, 2.24) is 19.8 Å². The summed E-state index contributed by atoms with van der Waals surface area (Å²) < 4.78 is 2.44. The van der Waals surface area contributed by atoms with Gasteiger partial charge in [0.25, 0.3) is 0 Å². The number of carbonyl (C=O) groups is 2. The van der Waals surface area contributed by atoms with Crippen molar-refractivity contribution in [1.29, 1.82) is 0 Å². The maximum atomic E-state index is 13.0. The average Bonchev–Trinajstić information content (AvgIpc) is 2.81. The number of nitrogens with one attached hydrogen (secondary N) is 2. The van der Waals surface area contributed by atoms with Gasteiger partial charge < -0.3 is 5.32 Å². The highest BCUT2D eigenvalue weighted by atomic mass is 35.5. The molecular formula is C25H27ClN4O4. The molecule has 0 radical (unpaired) electrons. The zero-order valence-corrected chi connectivity index (χ0v) is 19.7. The van der Waals surface area contributed by atoms with Crippen molar-refractivity contribution in [2.24, 2.45) is 5.92 Å². The van der Waals surface area contributed by atoms with Crippen LogP contribution in [0.25, 0.3) is 11.0 Å². The van der Waals surface area contributed by atoms with E-state index in [1.165, 1.54) is 10.6 Å². The molecule has 1 fully saturated rings. The largest absolute Gasteiger partial charge is 0.335 e. The summed E-state index contributed by atoms with van der Waals surface area (Å²) in [5.41, 5.74) is 0.0362. The summed E-state index contributed by atoms with van der Waals surface area (Å²) in [6.45, 7) is 1.79. The van der Waals surface area contributed by atoms with Crippen LogP contribution in [0.15, 0.2) is 58.1 Å². The first-order valence-corrected chi connectivity index (χ1v) is 11.8. The summed E-state index contributed by atoms with van der Waals surface area (Å²) >= 11 is 6.17. The van der Waals surface area contributed by atoms with Crippen LogP contribution in [0.4, 0.5) is 4.79 Å². The predicted octanol–water partition coefficient (Wildman–Crippen LogP) is 3.27. The van der Waals surface area contributed by atoms with E-state index in [-0.39, 0.29) is 12.6 Å². The molecule has 1 aliphatic rings. The van der Waals surface area contributed by atoms with Crippen molar-refractivity contribution in [3.8, 4) is 0 Å². The number of nitrogens with zero attached hydrogens (tertiary/aromatic N) is 2. The number of amides is 3. The molecule has 1 saturated carbocycles. The quantitative estimate of drug-likeness (QED) is 0.545. The third-order valence-corrected chi connectivity index (χ3v) is 6.59. The van der Waals surface area contributed by atoms with Crippen LogP contribution < -0.4 is 21.8 Å². The van der Waals surface area contributed by atoms with Crippen molar-refractivity contribution in [3.05, 3.63) is 79.8 Å². The highest BCUT2D eigenvalue weighted by Gasteiger charge is 2.24. The Morgan fingerprint density at radius 2 is 1.68 bits per heavy atom. The molecule has 2 aromatic carbocycles. The predicted molar refractivity (Wildman–Crippen MR) is 131 cm³/mol. The first kappa shape index (κ1) is 23.8. The summed E-state index contributed by atoms with van der Waals surface area (Å²) in [6, 6.07) is 13.5. The third kappa shape index (κ3) is 5.22. The minimum absolute atomic E-state index is 0.00539. The number of hydrogen-bond donors (Lipinski definition) is 2. The molecule has 0 spiro atoms. The van der Waals surface area contributed by atoms with Crippen LogP contribution in [0.2, 0.25) is 5.02 Å². The molecule has 3 aromatic rings. The van der Waals surface area contributed by atoms with E-state index in [1.54, 1.807) is 12.1 Å². The van der Waals surface area contributed by atoms with Crippen LogP contribution in [0.3, 0.4) is 0 Å². The molecular weight excluding hydrogens is 456 g/mol. The number of fused-ring (bicyclic) bond motifs is 1. The zero-order valence-electron chi connectivity index (χ0n) is 18.9. The van der Waals surface area contributed by atoms with E-state index in [0.29, 0.717) is 22.0 Å². The smallest absolute Gasteiger partial charge is 0.321 e. The van der Waals surface area contributed by atoms with Crippen molar-refractivity contribution in [2.45, 2.75) is 51.7 Å². The summed E-state index contributed by atoms with van der Waals surface area (Å²) in [7, 11) is 0. The second-order valence-electron chi connectivity index (χ2n) is 8.79. The fourth-order valence-electron chi connectivity index (χ4n) is 4.52. The Morgan fingerprint density at radius 1 is 0.971 bits per heavy atom. The van der Waals surface area contributed by atoms with Crippen LogP contribution >= 0.6 is 11.6 Å². The monoisotopic (exact) mass is 482 g/mol. The number of imide groups is 1. The Labute approximate surface area is 201 Å². The number of carbonyl (C=O) groups excluding carboxylic acids is 2. The standard InChI is InChI=1S/C25H27ClN4O4/c1-16-7-5-6-10-19(16)27-25(34)28-22(31)15-30-21-13-18(26)11-12-20(21)29(23(32)24(30)33)14-17-8-3-2-4-9-17/h2-4,8-9,11-13,16,19H,5-7,10,14-15H2,1H3,(H2,27,28,31,34)/t16-,19+/m1/s1. The number of hydrogen-bond acceptors (Lipinski definition) is 4. The highest BCUT2D eigenvalue weighted by Crippen LogP contribution is 2.23. The summed E-state index contributed by atoms with van der Waals surface area (Å²) in [6.07, 6.45) is 4.06. The Balaban J connectivity index is 1.60. The van der Waals surface area contributed by atoms with Crippen molar-refractivity contribution < 1.29 is 9.59 Å². The van der Waals surface area contributed by atoms with E-state index in [4.69, 9.17) is 11.6 Å². The molecule has 34 heavy (non-hydrogen) atoms. The molecule has 0 bridgehead atoms. The molecule has 4 rings (SSSR count). The van der Waals surface area contributed by atoms with E-state index in [9.17, 15) is 19.2 Å². The Hall–Kier alpha value is -3.39. The molecule has 0 aliphatic heterocycles. The third-order valence-electron chi connectivity index (χ3n) is 6.36. The number of halogens is 1. The second kappa shape index (κ2) is 10.3. The Kier molecular flexibility index (Phi) is 7.17. The lowest BCUT2D eigenvalue weighted by Gasteiger charge is -2.29. The van der Waals surface area contributed by atoms with Crippen LogP contribution in [-0.4, -0.2) is 27.1 Å². The minimum atomic E-state index is -0.859.